The summed E-state index contributed by atoms with van der Waals surface area (Å²) >= 11 is 0. The van der Waals surface area contributed by atoms with Crippen LogP contribution in [0.3, 0.4) is 0 Å². The van der Waals surface area contributed by atoms with Crippen LogP contribution in [0.4, 0.5) is 0 Å². The Balaban J connectivity index is 0.000000913. The summed E-state index contributed by atoms with van der Waals surface area (Å²) in [5, 5.41) is 0. The van der Waals surface area contributed by atoms with Crippen LogP contribution < -0.4 is 0 Å². The monoisotopic (exact) mass is 1100 g/mol. The molecule has 0 aliphatic carbocycles. The molecule has 0 N–H and O–H groups in total. The lowest BCUT2D eigenvalue weighted by Gasteiger charge is -2.09. The fourth-order valence-electron chi connectivity index (χ4n) is 6.62. The predicted molar refractivity (Wildman–Crippen MR) is 339 cm³/mol. The topological polar surface area (TPSA) is 109 Å². The summed E-state index contributed by atoms with van der Waals surface area (Å²) in [6.45, 7) is 20.6. The van der Waals surface area contributed by atoms with Crippen LogP contribution in [0.5, 0.6) is 0 Å². The van der Waals surface area contributed by atoms with E-state index in [1.54, 1.807) is 97.3 Å². The van der Waals surface area contributed by atoms with Crippen molar-refractivity contribution in [3.05, 3.63) is 248 Å². The maximum atomic E-state index is 11.4. The highest BCUT2D eigenvalue weighted by atomic mass is 16.5. The molecule has 7 aromatic rings. The molecular weight excluding hydrogens is 1010 g/mol. The molecule has 4 amide bonds. The van der Waals surface area contributed by atoms with Gasteiger partial charge in [-0.1, -0.05) is 167 Å². The van der Waals surface area contributed by atoms with E-state index in [0.717, 1.165) is 46.4 Å². The standard InChI is InChI=1S/4C10H13NO.2C9H12O.C9H12.C3H8O/c2*1-8-4-6-9(7-5-8)10(12)11(2)3;2*1-8-5-4-6-9(7-8)10(12)11(2)3;1-8-3-5-9(6-4-8)7-10-2;1-8-4-3-5-9(6-8)7-10-2;1-3-9-6-4-8(2)5-7-9;1-3-4-2/h4*4-7H,1-3H3;2*3-6H,7H2,1-2H3;4-7H,3H2,1-2H3;3H2,1-2H3. The number of nitrogens with zero attached hydrogens (tertiary/aromatic N) is 4. The van der Waals surface area contributed by atoms with Crippen molar-refractivity contribution in [1.29, 1.82) is 0 Å². The number of carbonyl (C=O) groups excluding carboxylic acids is 4. The third kappa shape index (κ3) is 33.5. The molecule has 0 bridgehead atoms. The normalized spacial score (nSPS) is 9.53. The van der Waals surface area contributed by atoms with Crippen LogP contribution in [0.25, 0.3) is 0 Å². The lowest BCUT2D eigenvalue weighted by atomic mass is 10.1. The van der Waals surface area contributed by atoms with Crippen molar-refractivity contribution in [3.8, 4) is 0 Å². The third-order valence-electron chi connectivity index (χ3n) is 11.4. The van der Waals surface area contributed by atoms with Gasteiger partial charge in [0.15, 0.2) is 0 Å². The van der Waals surface area contributed by atoms with E-state index in [2.05, 4.69) is 99.2 Å². The Morgan fingerprint density at radius 2 is 0.580 bits per heavy atom. The molecule has 81 heavy (non-hydrogen) atoms. The number of rotatable bonds is 10. The quantitative estimate of drug-likeness (QED) is 0.134. The molecule has 0 spiro atoms. The Morgan fingerprint density at radius 1 is 0.309 bits per heavy atom. The van der Waals surface area contributed by atoms with Crippen molar-refractivity contribution in [2.24, 2.45) is 0 Å². The lowest BCUT2D eigenvalue weighted by Crippen LogP contribution is -2.21. The van der Waals surface area contributed by atoms with Gasteiger partial charge in [0.1, 0.15) is 0 Å². The van der Waals surface area contributed by atoms with Gasteiger partial charge in [0.05, 0.1) is 13.2 Å². The molecule has 0 aliphatic rings. The Bertz CT molecular complexity index is 2700. The molecule has 11 nitrogen and oxygen atoms in total. The second kappa shape index (κ2) is 42.2. The molecule has 0 unspecified atom stereocenters. The van der Waals surface area contributed by atoms with Crippen LogP contribution in [-0.4, -0.2) is 128 Å². The maximum Gasteiger partial charge on any atom is 0.253 e. The van der Waals surface area contributed by atoms with E-state index < -0.39 is 0 Å². The van der Waals surface area contributed by atoms with E-state index in [4.69, 9.17) is 9.47 Å². The van der Waals surface area contributed by atoms with Crippen molar-refractivity contribution in [1.82, 2.24) is 19.6 Å². The number of amides is 4. The average molecular weight is 1110 g/mol. The Morgan fingerprint density at radius 3 is 0.852 bits per heavy atom. The Hall–Kier alpha value is -7.70. The zero-order valence-corrected chi connectivity index (χ0v) is 52.6. The molecule has 0 heterocycles. The van der Waals surface area contributed by atoms with Gasteiger partial charge in [-0.2, -0.15) is 0 Å². The molecule has 7 rings (SSSR count). The van der Waals surface area contributed by atoms with Gasteiger partial charge in [0, 0.05) is 107 Å². The van der Waals surface area contributed by atoms with Gasteiger partial charge >= 0.3 is 0 Å². The highest BCUT2D eigenvalue weighted by molar-refractivity contribution is 5.95. The van der Waals surface area contributed by atoms with Gasteiger partial charge in [0.2, 0.25) is 0 Å². The maximum absolute atomic E-state index is 11.4. The van der Waals surface area contributed by atoms with Gasteiger partial charge in [-0.15, -0.1) is 0 Å². The first-order valence-electron chi connectivity index (χ1n) is 27.1. The minimum Gasteiger partial charge on any atom is -0.385 e. The van der Waals surface area contributed by atoms with Gasteiger partial charge < -0.3 is 33.8 Å². The molecule has 0 saturated carbocycles. The number of methoxy groups -OCH3 is 3. The molecule has 0 aromatic heterocycles. The number of hydrogen-bond donors (Lipinski definition) is 0. The summed E-state index contributed by atoms with van der Waals surface area (Å²) < 4.78 is 14.5. The highest BCUT2D eigenvalue weighted by Gasteiger charge is 2.09. The Labute approximate surface area is 488 Å². The van der Waals surface area contributed by atoms with E-state index in [9.17, 15) is 19.2 Å². The van der Waals surface area contributed by atoms with Crippen molar-refractivity contribution < 1.29 is 33.4 Å². The molecule has 11 heteroatoms. The zero-order chi connectivity index (χ0) is 61.5. The van der Waals surface area contributed by atoms with Crippen LogP contribution in [-0.2, 0) is 33.8 Å². The van der Waals surface area contributed by atoms with E-state index in [0.29, 0.717) is 13.2 Å². The van der Waals surface area contributed by atoms with Crippen LogP contribution in [0.2, 0.25) is 0 Å². The summed E-state index contributed by atoms with van der Waals surface area (Å²) in [5.74, 6) is 0.211. The lowest BCUT2D eigenvalue weighted by molar-refractivity contribution is 0.0820. The summed E-state index contributed by atoms with van der Waals surface area (Å²) in [5.41, 5.74) is 15.4. The Kier molecular flexibility index (Phi) is 38.2. The molecule has 7 aromatic carbocycles. The fourth-order valence-corrected chi connectivity index (χ4v) is 6.62. The summed E-state index contributed by atoms with van der Waals surface area (Å²) in [6, 6.07) is 55.7. The van der Waals surface area contributed by atoms with E-state index in [1.807, 2.05) is 138 Å². The molecule has 0 saturated heterocycles. The SMILES string of the molecule is CCOC.CCc1ccc(C)cc1.COCc1ccc(C)cc1.COCc1cccc(C)c1.Cc1ccc(C(=O)N(C)C)cc1.Cc1ccc(C(=O)N(C)C)cc1.Cc1cccc(C(=O)N(C)C)c1.Cc1cccc(C(=O)N(C)C)c1. The molecular formula is C70H96N4O7. The number of ether oxygens (including phenoxy) is 3. The molecule has 438 valence electrons. The number of carbonyl (C=O) groups is 4. The first-order chi connectivity index (χ1) is 38.3. The summed E-state index contributed by atoms with van der Waals surface area (Å²) in [4.78, 5) is 51.9. The zero-order valence-electron chi connectivity index (χ0n) is 52.6. The average Bonchev–Trinajstić information content (AvgIpc) is 3.44. The molecule has 0 radical (unpaired) electrons. The van der Waals surface area contributed by atoms with Crippen LogP contribution in [0.1, 0.15) is 111 Å². The van der Waals surface area contributed by atoms with Gasteiger partial charge in [0.25, 0.3) is 23.6 Å². The van der Waals surface area contributed by atoms with Crippen LogP contribution in [0.15, 0.2) is 170 Å². The van der Waals surface area contributed by atoms with Crippen molar-refractivity contribution >= 4 is 23.6 Å². The second-order valence-electron chi connectivity index (χ2n) is 20.0. The molecule has 0 aliphatic heterocycles. The van der Waals surface area contributed by atoms with E-state index in [-0.39, 0.29) is 23.6 Å². The van der Waals surface area contributed by atoms with E-state index in [1.165, 1.54) is 44.5 Å². The third-order valence-corrected chi connectivity index (χ3v) is 11.4. The molecule has 0 atom stereocenters. The number of aryl methyl sites for hydroxylation is 8. The van der Waals surface area contributed by atoms with Crippen molar-refractivity contribution in [2.45, 2.75) is 81.9 Å². The first kappa shape index (κ1) is 73.3. The van der Waals surface area contributed by atoms with Crippen LogP contribution >= 0.6 is 0 Å². The minimum atomic E-state index is 0.0509. The number of benzene rings is 7. The molecule has 0 fully saturated rings. The van der Waals surface area contributed by atoms with Crippen molar-refractivity contribution in [2.75, 3.05) is 84.3 Å². The van der Waals surface area contributed by atoms with Gasteiger partial charge in [-0.3, -0.25) is 19.2 Å². The summed E-state index contributed by atoms with van der Waals surface area (Å²) in [6.07, 6.45) is 1.14. The predicted octanol–water partition coefficient (Wildman–Crippen LogP) is 14.3. The van der Waals surface area contributed by atoms with E-state index >= 15 is 0 Å². The summed E-state index contributed by atoms with van der Waals surface area (Å²) in [7, 11) is 19.1. The second-order valence-corrected chi connectivity index (χ2v) is 20.0. The largest absolute Gasteiger partial charge is 0.385 e. The van der Waals surface area contributed by atoms with Crippen LogP contribution in [0, 0.1) is 48.5 Å². The van der Waals surface area contributed by atoms with Gasteiger partial charge in [-0.05, 0) is 127 Å². The van der Waals surface area contributed by atoms with Gasteiger partial charge in [-0.25, -0.2) is 0 Å². The fraction of sp³-hybridized carbons (Fsp3) is 0.343. The highest BCUT2D eigenvalue weighted by Crippen LogP contribution is 2.10. The first-order valence-corrected chi connectivity index (χ1v) is 27.1. The van der Waals surface area contributed by atoms with Crippen molar-refractivity contribution in [3.63, 3.8) is 0 Å². The smallest absolute Gasteiger partial charge is 0.253 e. The number of hydrogen-bond acceptors (Lipinski definition) is 7. The minimum absolute atomic E-state index is 0.0509.